The SMILES string of the molecule is Cc1cc(NS(=O)(=O)NC(=O)OC(C)C)n[nH]1. The van der Waals surface area contributed by atoms with Gasteiger partial charge in [0.15, 0.2) is 5.82 Å². The molecular weight excluding hydrogens is 248 g/mol. The molecular formula is C8H14N4O4S. The number of aromatic amines is 1. The average Bonchev–Trinajstić information content (AvgIpc) is 2.46. The quantitative estimate of drug-likeness (QED) is 0.731. The summed E-state index contributed by atoms with van der Waals surface area (Å²) in [4.78, 5) is 11.1. The number of carbonyl (C=O) groups is 1. The zero-order valence-corrected chi connectivity index (χ0v) is 10.5. The van der Waals surface area contributed by atoms with Gasteiger partial charge in [0.25, 0.3) is 0 Å². The number of nitrogens with one attached hydrogen (secondary N) is 3. The highest BCUT2D eigenvalue weighted by Crippen LogP contribution is 2.05. The van der Waals surface area contributed by atoms with Gasteiger partial charge in [-0.2, -0.15) is 13.5 Å². The molecule has 0 spiro atoms. The van der Waals surface area contributed by atoms with Gasteiger partial charge in [0.05, 0.1) is 6.10 Å². The number of hydrogen-bond donors (Lipinski definition) is 3. The largest absolute Gasteiger partial charge is 0.446 e. The van der Waals surface area contributed by atoms with Crippen molar-refractivity contribution in [2.75, 3.05) is 4.72 Å². The first-order valence-electron chi connectivity index (χ1n) is 4.81. The Morgan fingerprint density at radius 3 is 2.65 bits per heavy atom. The number of aromatic nitrogens is 2. The molecule has 0 aliphatic heterocycles. The summed E-state index contributed by atoms with van der Waals surface area (Å²) >= 11 is 0. The molecule has 0 aromatic carbocycles. The van der Waals surface area contributed by atoms with Crippen molar-refractivity contribution in [1.82, 2.24) is 14.9 Å². The van der Waals surface area contributed by atoms with Gasteiger partial charge in [-0.25, -0.2) is 14.2 Å². The van der Waals surface area contributed by atoms with E-state index in [1.54, 1.807) is 25.5 Å². The molecule has 0 aliphatic rings. The molecule has 1 heterocycles. The van der Waals surface area contributed by atoms with Gasteiger partial charge >= 0.3 is 16.3 Å². The van der Waals surface area contributed by atoms with Crippen molar-refractivity contribution in [1.29, 1.82) is 0 Å². The van der Waals surface area contributed by atoms with Crippen molar-refractivity contribution in [2.24, 2.45) is 0 Å². The number of hydrogen-bond acceptors (Lipinski definition) is 5. The molecule has 0 saturated heterocycles. The predicted molar refractivity (Wildman–Crippen MR) is 60.6 cm³/mol. The molecule has 1 aromatic rings. The third kappa shape index (κ3) is 4.72. The smallest absolute Gasteiger partial charge is 0.422 e. The molecule has 0 aliphatic carbocycles. The van der Waals surface area contributed by atoms with E-state index in [1.807, 2.05) is 0 Å². The zero-order chi connectivity index (χ0) is 13.1. The van der Waals surface area contributed by atoms with E-state index in [0.29, 0.717) is 5.69 Å². The van der Waals surface area contributed by atoms with Crippen molar-refractivity contribution >= 4 is 22.1 Å². The Labute approximate surface area is 98.9 Å². The van der Waals surface area contributed by atoms with Crippen molar-refractivity contribution in [3.05, 3.63) is 11.8 Å². The van der Waals surface area contributed by atoms with Crippen LogP contribution >= 0.6 is 0 Å². The fourth-order valence-corrected chi connectivity index (χ4v) is 1.68. The lowest BCUT2D eigenvalue weighted by Crippen LogP contribution is -2.36. The maximum atomic E-state index is 11.4. The molecule has 1 rings (SSSR count). The molecule has 3 N–H and O–H groups in total. The van der Waals surface area contributed by atoms with Gasteiger partial charge in [-0.05, 0) is 20.8 Å². The summed E-state index contributed by atoms with van der Waals surface area (Å²) in [5.41, 5.74) is 0.687. The Bertz CT molecular complexity index is 493. The summed E-state index contributed by atoms with van der Waals surface area (Å²) in [5, 5.41) is 6.22. The topological polar surface area (TPSA) is 113 Å². The van der Waals surface area contributed by atoms with Crippen molar-refractivity contribution in [2.45, 2.75) is 26.9 Å². The van der Waals surface area contributed by atoms with Crippen LogP contribution in [-0.2, 0) is 14.9 Å². The number of anilines is 1. The molecule has 9 heteroatoms. The van der Waals surface area contributed by atoms with Crippen molar-refractivity contribution in [3.8, 4) is 0 Å². The predicted octanol–water partition coefficient (Wildman–Crippen LogP) is 0.509. The van der Waals surface area contributed by atoms with Gasteiger partial charge < -0.3 is 4.74 Å². The standard InChI is InChI=1S/C8H14N4O4S/c1-5(2)16-8(13)12-17(14,15)11-7-4-6(3)9-10-7/h4-5H,1-3H3,(H,12,13)(H2,9,10,11). The number of H-pyrrole nitrogens is 1. The number of nitrogens with zero attached hydrogens (tertiary/aromatic N) is 1. The van der Waals surface area contributed by atoms with Crippen LogP contribution in [0.1, 0.15) is 19.5 Å². The minimum absolute atomic E-state index is 0.0901. The van der Waals surface area contributed by atoms with Gasteiger partial charge in [-0.1, -0.05) is 0 Å². The van der Waals surface area contributed by atoms with Crippen LogP contribution in [-0.4, -0.2) is 30.8 Å². The van der Waals surface area contributed by atoms with Crippen LogP contribution in [0.3, 0.4) is 0 Å². The first kappa shape index (κ1) is 13.3. The number of rotatable bonds is 4. The third-order valence-electron chi connectivity index (χ3n) is 1.51. The maximum absolute atomic E-state index is 11.4. The van der Waals surface area contributed by atoms with E-state index in [-0.39, 0.29) is 5.82 Å². The molecule has 17 heavy (non-hydrogen) atoms. The van der Waals surface area contributed by atoms with Gasteiger partial charge in [0, 0.05) is 11.8 Å². The summed E-state index contributed by atoms with van der Waals surface area (Å²) in [6.07, 6.45) is -1.45. The van der Waals surface area contributed by atoms with Crippen molar-refractivity contribution < 1.29 is 17.9 Å². The second kappa shape index (κ2) is 5.04. The summed E-state index contributed by atoms with van der Waals surface area (Å²) < 4.78 is 31.2. The van der Waals surface area contributed by atoms with Crippen LogP contribution < -0.4 is 9.44 Å². The van der Waals surface area contributed by atoms with E-state index in [2.05, 4.69) is 19.7 Å². The number of carbonyl (C=O) groups excluding carboxylic acids is 1. The van der Waals surface area contributed by atoms with Gasteiger partial charge in [0.2, 0.25) is 0 Å². The van der Waals surface area contributed by atoms with Crippen molar-refractivity contribution in [3.63, 3.8) is 0 Å². The monoisotopic (exact) mass is 262 g/mol. The fourth-order valence-electron chi connectivity index (χ4n) is 0.981. The van der Waals surface area contributed by atoms with Gasteiger partial charge in [-0.3, -0.25) is 5.10 Å². The first-order valence-corrected chi connectivity index (χ1v) is 6.30. The Morgan fingerprint density at radius 2 is 2.18 bits per heavy atom. The van der Waals surface area contributed by atoms with Crippen LogP contribution in [0.5, 0.6) is 0 Å². The second-order valence-electron chi connectivity index (χ2n) is 3.60. The Morgan fingerprint density at radius 1 is 1.53 bits per heavy atom. The molecule has 0 atom stereocenters. The van der Waals surface area contributed by atoms with E-state index in [9.17, 15) is 13.2 Å². The van der Waals surface area contributed by atoms with Crippen LogP contribution in [0.2, 0.25) is 0 Å². The van der Waals surface area contributed by atoms with Crippen LogP contribution in [0.25, 0.3) is 0 Å². The van der Waals surface area contributed by atoms with Gasteiger partial charge in [0.1, 0.15) is 0 Å². The summed E-state index contributed by atoms with van der Waals surface area (Å²) in [5.74, 6) is 0.0901. The molecule has 0 radical (unpaired) electrons. The lowest BCUT2D eigenvalue weighted by molar-refractivity contribution is 0.121. The average molecular weight is 262 g/mol. The fraction of sp³-hybridized carbons (Fsp3) is 0.500. The van der Waals surface area contributed by atoms with Crippen LogP contribution in [0.4, 0.5) is 10.6 Å². The van der Waals surface area contributed by atoms with E-state index in [1.165, 1.54) is 6.07 Å². The Balaban J connectivity index is 2.60. The molecule has 8 nitrogen and oxygen atoms in total. The van der Waals surface area contributed by atoms with Gasteiger partial charge in [-0.15, -0.1) is 0 Å². The molecule has 0 bridgehead atoms. The Kier molecular flexibility index (Phi) is 3.94. The first-order chi connectivity index (χ1) is 7.78. The highest BCUT2D eigenvalue weighted by molar-refractivity contribution is 7.91. The normalized spacial score (nSPS) is 11.3. The highest BCUT2D eigenvalue weighted by atomic mass is 32.2. The molecule has 1 amide bonds. The minimum Gasteiger partial charge on any atom is -0.446 e. The van der Waals surface area contributed by atoms with Crippen LogP contribution in [0, 0.1) is 6.92 Å². The zero-order valence-electron chi connectivity index (χ0n) is 9.64. The number of amides is 1. The number of ether oxygens (including phenoxy) is 1. The minimum atomic E-state index is -4.02. The molecule has 0 unspecified atom stereocenters. The highest BCUT2D eigenvalue weighted by Gasteiger charge is 2.17. The van der Waals surface area contributed by atoms with E-state index < -0.39 is 22.4 Å². The Hall–Kier alpha value is -1.77. The molecule has 96 valence electrons. The summed E-state index contributed by atoms with van der Waals surface area (Å²) in [6.45, 7) is 4.93. The summed E-state index contributed by atoms with van der Waals surface area (Å²) in [6, 6.07) is 1.48. The lowest BCUT2D eigenvalue weighted by atomic mass is 10.5. The van der Waals surface area contributed by atoms with E-state index in [0.717, 1.165) is 0 Å². The maximum Gasteiger partial charge on any atom is 0.422 e. The molecule has 0 saturated carbocycles. The molecule has 0 fully saturated rings. The van der Waals surface area contributed by atoms with Crippen LogP contribution in [0.15, 0.2) is 6.07 Å². The summed E-state index contributed by atoms with van der Waals surface area (Å²) in [7, 11) is -4.02. The molecule has 1 aromatic heterocycles. The van der Waals surface area contributed by atoms with E-state index >= 15 is 0 Å². The second-order valence-corrected chi connectivity index (χ2v) is 5.01. The number of aryl methyl sites for hydroxylation is 1. The lowest BCUT2D eigenvalue weighted by Gasteiger charge is -2.09. The van der Waals surface area contributed by atoms with E-state index in [4.69, 9.17) is 0 Å². The third-order valence-corrected chi connectivity index (χ3v) is 2.42.